The fourth-order valence-corrected chi connectivity index (χ4v) is 1.66. The van der Waals surface area contributed by atoms with Gasteiger partial charge in [-0.15, -0.1) is 5.10 Å². The second-order valence-electron chi connectivity index (χ2n) is 3.71. The topological polar surface area (TPSA) is 63.8 Å². The Morgan fingerprint density at radius 3 is 2.56 bits per heavy atom. The lowest BCUT2D eigenvalue weighted by Crippen LogP contribution is -2.19. The van der Waals surface area contributed by atoms with E-state index in [1.165, 1.54) is 4.68 Å². The normalized spacial score (nSPS) is 10.4. The standard InChI is InChI=1S/C13H10N4O/c14-13(18-10-6-2-1-3-7-10)17-12-9-5-4-8-11(12)15-16-17/h1-9,14H. The zero-order valence-corrected chi connectivity index (χ0v) is 9.45. The molecule has 1 aromatic heterocycles. The maximum Gasteiger partial charge on any atom is 0.317 e. The van der Waals surface area contributed by atoms with Crippen LogP contribution in [0, 0.1) is 5.41 Å². The van der Waals surface area contributed by atoms with E-state index < -0.39 is 0 Å². The molecule has 1 N–H and O–H groups in total. The maximum absolute atomic E-state index is 7.90. The molecular weight excluding hydrogens is 228 g/mol. The molecule has 0 aliphatic heterocycles. The summed E-state index contributed by atoms with van der Waals surface area (Å²) in [7, 11) is 0. The van der Waals surface area contributed by atoms with Gasteiger partial charge < -0.3 is 4.74 Å². The molecule has 0 amide bonds. The van der Waals surface area contributed by atoms with Gasteiger partial charge in [0.25, 0.3) is 0 Å². The Balaban J connectivity index is 1.93. The molecular formula is C13H10N4O. The summed E-state index contributed by atoms with van der Waals surface area (Å²) in [6.07, 6.45) is 0. The third-order valence-corrected chi connectivity index (χ3v) is 2.50. The molecule has 0 spiro atoms. The number of nitrogens with one attached hydrogen (secondary N) is 1. The number of fused-ring (bicyclic) bond motifs is 1. The third kappa shape index (κ3) is 1.82. The van der Waals surface area contributed by atoms with E-state index in [0.717, 1.165) is 11.0 Å². The minimum atomic E-state index is -0.0742. The van der Waals surface area contributed by atoms with Gasteiger partial charge in [0.2, 0.25) is 0 Å². The molecule has 2 aromatic carbocycles. The van der Waals surface area contributed by atoms with Gasteiger partial charge in [0.15, 0.2) is 0 Å². The first kappa shape index (κ1) is 10.5. The van der Waals surface area contributed by atoms with Crippen LogP contribution in [0.3, 0.4) is 0 Å². The number of hydrogen-bond acceptors (Lipinski definition) is 4. The van der Waals surface area contributed by atoms with Crippen molar-refractivity contribution < 1.29 is 4.74 Å². The van der Waals surface area contributed by atoms with E-state index in [1.54, 1.807) is 12.1 Å². The minimum Gasteiger partial charge on any atom is -0.425 e. The van der Waals surface area contributed by atoms with E-state index in [-0.39, 0.29) is 6.02 Å². The third-order valence-electron chi connectivity index (χ3n) is 2.50. The van der Waals surface area contributed by atoms with Crippen LogP contribution in [0.2, 0.25) is 0 Å². The highest BCUT2D eigenvalue weighted by atomic mass is 16.5. The zero-order chi connectivity index (χ0) is 12.4. The van der Waals surface area contributed by atoms with Crippen molar-refractivity contribution in [1.82, 2.24) is 15.0 Å². The molecule has 0 saturated heterocycles. The number of benzene rings is 2. The second-order valence-corrected chi connectivity index (χ2v) is 3.71. The van der Waals surface area contributed by atoms with Crippen molar-refractivity contribution in [3.63, 3.8) is 0 Å². The monoisotopic (exact) mass is 238 g/mol. The van der Waals surface area contributed by atoms with Crippen LogP contribution in [0.1, 0.15) is 0 Å². The summed E-state index contributed by atoms with van der Waals surface area (Å²) in [6.45, 7) is 0. The van der Waals surface area contributed by atoms with Crippen LogP contribution < -0.4 is 4.74 Å². The molecule has 0 aliphatic rings. The van der Waals surface area contributed by atoms with Gasteiger partial charge >= 0.3 is 6.02 Å². The Hall–Kier alpha value is -2.69. The quantitative estimate of drug-likeness (QED) is 0.522. The fourth-order valence-electron chi connectivity index (χ4n) is 1.66. The molecule has 3 rings (SSSR count). The van der Waals surface area contributed by atoms with Gasteiger partial charge in [-0.25, -0.2) is 5.41 Å². The van der Waals surface area contributed by atoms with Gasteiger partial charge in [0, 0.05) is 0 Å². The predicted octanol–water partition coefficient (Wildman–Crippen LogP) is 2.29. The van der Waals surface area contributed by atoms with Crippen LogP contribution in [0.4, 0.5) is 0 Å². The highest BCUT2D eigenvalue weighted by molar-refractivity contribution is 5.86. The number of aromatic nitrogens is 3. The Kier molecular flexibility index (Phi) is 2.49. The van der Waals surface area contributed by atoms with Crippen molar-refractivity contribution in [3.8, 4) is 5.75 Å². The van der Waals surface area contributed by atoms with E-state index in [0.29, 0.717) is 5.75 Å². The molecule has 0 bridgehead atoms. The van der Waals surface area contributed by atoms with Crippen molar-refractivity contribution in [2.75, 3.05) is 0 Å². The fraction of sp³-hybridized carbons (Fsp3) is 0. The van der Waals surface area contributed by atoms with Gasteiger partial charge in [0.05, 0.1) is 5.52 Å². The molecule has 18 heavy (non-hydrogen) atoms. The highest BCUT2D eigenvalue weighted by Gasteiger charge is 2.09. The lowest BCUT2D eigenvalue weighted by Gasteiger charge is -2.06. The lowest BCUT2D eigenvalue weighted by atomic mass is 10.3. The zero-order valence-electron chi connectivity index (χ0n) is 9.45. The molecule has 0 fully saturated rings. The van der Waals surface area contributed by atoms with Crippen molar-refractivity contribution in [3.05, 3.63) is 54.6 Å². The predicted molar refractivity (Wildman–Crippen MR) is 67.7 cm³/mol. The maximum atomic E-state index is 7.90. The van der Waals surface area contributed by atoms with Gasteiger partial charge in [-0.3, -0.25) is 0 Å². The van der Waals surface area contributed by atoms with E-state index >= 15 is 0 Å². The Morgan fingerprint density at radius 1 is 1.00 bits per heavy atom. The van der Waals surface area contributed by atoms with Crippen LogP contribution in [-0.2, 0) is 0 Å². The van der Waals surface area contributed by atoms with Crippen LogP contribution >= 0.6 is 0 Å². The Labute approximate surface area is 103 Å². The first-order valence-electron chi connectivity index (χ1n) is 5.47. The summed E-state index contributed by atoms with van der Waals surface area (Å²) < 4.78 is 6.77. The molecule has 3 aromatic rings. The van der Waals surface area contributed by atoms with E-state index in [1.807, 2.05) is 42.5 Å². The minimum absolute atomic E-state index is 0.0742. The van der Waals surface area contributed by atoms with E-state index in [2.05, 4.69) is 10.3 Å². The van der Waals surface area contributed by atoms with Crippen molar-refractivity contribution in [2.24, 2.45) is 0 Å². The molecule has 0 aliphatic carbocycles. The Morgan fingerprint density at radius 2 is 1.72 bits per heavy atom. The Bertz CT molecular complexity index is 690. The second kappa shape index (κ2) is 4.29. The molecule has 0 radical (unpaired) electrons. The van der Waals surface area contributed by atoms with Crippen molar-refractivity contribution >= 4 is 17.1 Å². The largest absolute Gasteiger partial charge is 0.425 e. The summed E-state index contributed by atoms with van der Waals surface area (Å²) in [5, 5.41) is 15.8. The van der Waals surface area contributed by atoms with Crippen LogP contribution in [0.25, 0.3) is 11.0 Å². The van der Waals surface area contributed by atoms with Crippen LogP contribution in [0.5, 0.6) is 5.75 Å². The number of para-hydroxylation sites is 2. The van der Waals surface area contributed by atoms with Crippen LogP contribution in [-0.4, -0.2) is 21.0 Å². The molecule has 1 heterocycles. The molecule has 88 valence electrons. The highest BCUT2D eigenvalue weighted by Crippen LogP contribution is 2.12. The van der Waals surface area contributed by atoms with Gasteiger partial charge in [-0.1, -0.05) is 35.5 Å². The first-order chi connectivity index (χ1) is 8.84. The molecule has 5 heteroatoms. The average molecular weight is 238 g/mol. The number of rotatable bonds is 1. The molecule has 0 saturated carbocycles. The van der Waals surface area contributed by atoms with E-state index in [4.69, 9.17) is 10.1 Å². The number of hydrogen-bond donors (Lipinski definition) is 1. The summed E-state index contributed by atoms with van der Waals surface area (Å²) in [4.78, 5) is 0. The first-order valence-corrected chi connectivity index (χ1v) is 5.47. The molecule has 0 unspecified atom stereocenters. The van der Waals surface area contributed by atoms with Crippen molar-refractivity contribution in [2.45, 2.75) is 0 Å². The van der Waals surface area contributed by atoms with E-state index in [9.17, 15) is 0 Å². The van der Waals surface area contributed by atoms with Crippen LogP contribution in [0.15, 0.2) is 54.6 Å². The SMILES string of the molecule is N=C(Oc1ccccc1)n1nnc2ccccc21. The molecule has 5 nitrogen and oxygen atoms in total. The van der Waals surface area contributed by atoms with Crippen molar-refractivity contribution in [1.29, 1.82) is 5.41 Å². The lowest BCUT2D eigenvalue weighted by molar-refractivity contribution is 0.507. The number of ether oxygens (including phenoxy) is 1. The average Bonchev–Trinajstić information content (AvgIpc) is 2.84. The van der Waals surface area contributed by atoms with Gasteiger partial charge in [-0.2, -0.15) is 4.68 Å². The summed E-state index contributed by atoms with van der Waals surface area (Å²) in [5.41, 5.74) is 1.48. The van der Waals surface area contributed by atoms with Gasteiger partial charge in [0.1, 0.15) is 11.3 Å². The molecule has 0 atom stereocenters. The summed E-state index contributed by atoms with van der Waals surface area (Å²) in [5.74, 6) is 0.599. The van der Waals surface area contributed by atoms with Gasteiger partial charge in [-0.05, 0) is 24.3 Å². The summed E-state index contributed by atoms with van der Waals surface area (Å²) in [6, 6.07) is 16.5. The summed E-state index contributed by atoms with van der Waals surface area (Å²) >= 11 is 0. The number of nitrogens with zero attached hydrogens (tertiary/aromatic N) is 3. The smallest absolute Gasteiger partial charge is 0.317 e.